The molecule has 2 N–H and O–H groups in total. The first-order valence-electron chi connectivity index (χ1n) is 4.77. The quantitative estimate of drug-likeness (QED) is 0.698. The van der Waals surface area contributed by atoms with Crippen molar-refractivity contribution in [1.29, 1.82) is 0 Å². The second-order valence-corrected chi connectivity index (χ2v) is 3.53. The van der Waals surface area contributed by atoms with Crippen molar-refractivity contribution in [3.8, 4) is 0 Å². The van der Waals surface area contributed by atoms with Crippen molar-refractivity contribution >= 4 is 5.97 Å². The van der Waals surface area contributed by atoms with Crippen LogP contribution in [0.25, 0.3) is 0 Å². The Morgan fingerprint density at radius 2 is 2.40 bits per heavy atom. The van der Waals surface area contributed by atoms with Gasteiger partial charge in [0.15, 0.2) is 0 Å². The normalized spacial score (nSPS) is 19.5. The van der Waals surface area contributed by atoms with E-state index >= 15 is 0 Å². The van der Waals surface area contributed by atoms with Crippen LogP contribution in [0.2, 0.25) is 0 Å². The first kappa shape index (κ1) is 10.1. The molecule has 0 spiro atoms. The summed E-state index contributed by atoms with van der Waals surface area (Å²) in [7, 11) is 1.37. The van der Waals surface area contributed by atoms with Crippen molar-refractivity contribution in [2.24, 2.45) is 5.73 Å². The van der Waals surface area contributed by atoms with E-state index in [0.29, 0.717) is 18.8 Å². The first-order chi connectivity index (χ1) is 7.22. The summed E-state index contributed by atoms with van der Waals surface area (Å²) >= 11 is 0. The highest BCUT2D eigenvalue weighted by Crippen LogP contribution is 2.24. The summed E-state index contributed by atoms with van der Waals surface area (Å²) in [6, 6.07) is 5.28. The standard InChI is InChI=1S/C11H13NO3/c1-14-11(13)7-2-3-9-8(4-7)5-15-6-10(9)12/h2-4,10H,5-6,12H2,1H3/t10-/m0/s1. The van der Waals surface area contributed by atoms with Crippen molar-refractivity contribution in [3.05, 3.63) is 34.9 Å². The number of hydrogen-bond donors (Lipinski definition) is 1. The Balaban J connectivity index is 2.37. The zero-order valence-electron chi connectivity index (χ0n) is 8.53. The van der Waals surface area contributed by atoms with Gasteiger partial charge in [0.05, 0.1) is 31.9 Å². The minimum absolute atomic E-state index is 0.0968. The molecule has 0 unspecified atom stereocenters. The van der Waals surface area contributed by atoms with E-state index in [9.17, 15) is 4.79 Å². The van der Waals surface area contributed by atoms with Gasteiger partial charge in [-0.2, -0.15) is 0 Å². The van der Waals surface area contributed by atoms with Crippen LogP contribution < -0.4 is 5.73 Å². The number of rotatable bonds is 1. The summed E-state index contributed by atoms with van der Waals surface area (Å²) < 4.78 is 9.94. The average molecular weight is 207 g/mol. The van der Waals surface area contributed by atoms with Crippen LogP contribution in [0, 0.1) is 0 Å². The lowest BCUT2D eigenvalue weighted by atomic mass is 9.97. The summed E-state index contributed by atoms with van der Waals surface area (Å²) in [6.07, 6.45) is 0. The van der Waals surface area contributed by atoms with E-state index in [1.807, 2.05) is 6.07 Å². The monoisotopic (exact) mass is 207 g/mol. The highest BCUT2D eigenvalue weighted by atomic mass is 16.5. The molecule has 4 nitrogen and oxygen atoms in total. The van der Waals surface area contributed by atoms with Gasteiger partial charge < -0.3 is 15.2 Å². The fraction of sp³-hybridized carbons (Fsp3) is 0.364. The van der Waals surface area contributed by atoms with Crippen LogP contribution in [0.4, 0.5) is 0 Å². The van der Waals surface area contributed by atoms with Gasteiger partial charge in [-0.3, -0.25) is 0 Å². The molecule has 0 radical (unpaired) electrons. The third-order valence-corrected chi connectivity index (χ3v) is 2.52. The molecule has 4 heteroatoms. The van der Waals surface area contributed by atoms with Crippen molar-refractivity contribution in [1.82, 2.24) is 0 Å². The Labute approximate surface area is 88.0 Å². The van der Waals surface area contributed by atoms with Crippen molar-refractivity contribution in [2.45, 2.75) is 12.6 Å². The molecule has 1 heterocycles. The zero-order chi connectivity index (χ0) is 10.8. The highest BCUT2D eigenvalue weighted by molar-refractivity contribution is 5.89. The lowest BCUT2D eigenvalue weighted by Crippen LogP contribution is -2.23. The summed E-state index contributed by atoms with van der Waals surface area (Å²) in [6.45, 7) is 1.04. The molecule has 1 aromatic carbocycles. The van der Waals surface area contributed by atoms with E-state index in [-0.39, 0.29) is 12.0 Å². The fourth-order valence-corrected chi connectivity index (χ4v) is 1.72. The lowest BCUT2D eigenvalue weighted by Gasteiger charge is -2.22. The van der Waals surface area contributed by atoms with Crippen LogP contribution in [-0.2, 0) is 16.1 Å². The van der Waals surface area contributed by atoms with E-state index in [0.717, 1.165) is 11.1 Å². The SMILES string of the molecule is COC(=O)c1ccc2c(c1)COC[C@@H]2N. The Kier molecular flexibility index (Phi) is 2.70. The Hall–Kier alpha value is -1.39. The van der Waals surface area contributed by atoms with Crippen molar-refractivity contribution < 1.29 is 14.3 Å². The Bertz CT molecular complexity index is 389. The number of ether oxygens (including phenoxy) is 2. The molecule has 0 fully saturated rings. The molecule has 0 bridgehead atoms. The number of fused-ring (bicyclic) bond motifs is 1. The molecule has 0 saturated carbocycles. The van der Waals surface area contributed by atoms with E-state index in [1.165, 1.54) is 7.11 Å². The lowest BCUT2D eigenvalue weighted by molar-refractivity contribution is 0.0599. The van der Waals surface area contributed by atoms with Gasteiger partial charge in [-0.25, -0.2) is 4.79 Å². The number of nitrogens with two attached hydrogens (primary N) is 1. The van der Waals surface area contributed by atoms with Gasteiger partial charge in [0.1, 0.15) is 0 Å². The summed E-state index contributed by atoms with van der Waals surface area (Å²) in [4.78, 5) is 11.3. The number of hydrogen-bond acceptors (Lipinski definition) is 4. The second kappa shape index (κ2) is 4.00. The van der Waals surface area contributed by atoms with E-state index in [2.05, 4.69) is 4.74 Å². The number of esters is 1. The van der Waals surface area contributed by atoms with Crippen LogP contribution in [0.5, 0.6) is 0 Å². The van der Waals surface area contributed by atoms with Gasteiger partial charge in [-0.05, 0) is 23.3 Å². The Morgan fingerprint density at radius 3 is 3.13 bits per heavy atom. The molecule has 1 atom stereocenters. The zero-order valence-corrected chi connectivity index (χ0v) is 8.53. The molecule has 0 aliphatic carbocycles. The topological polar surface area (TPSA) is 61.5 Å². The van der Waals surface area contributed by atoms with Crippen molar-refractivity contribution in [2.75, 3.05) is 13.7 Å². The minimum atomic E-state index is -0.336. The maximum atomic E-state index is 11.3. The van der Waals surface area contributed by atoms with E-state index < -0.39 is 0 Å². The second-order valence-electron chi connectivity index (χ2n) is 3.53. The van der Waals surface area contributed by atoms with Crippen LogP contribution in [-0.4, -0.2) is 19.7 Å². The molecule has 1 aliphatic rings. The number of methoxy groups -OCH3 is 1. The average Bonchev–Trinajstić information content (AvgIpc) is 2.28. The fourth-order valence-electron chi connectivity index (χ4n) is 1.72. The van der Waals surface area contributed by atoms with Crippen LogP contribution in [0.15, 0.2) is 18.2 Å². The van der Waals surface area contributed by atoms with Crippen molar-refractivity contribution in [3.63, 3.8) is 0 Å². The molecular weight excluding hydrogens is 194 g/mol. The molecule has 1 aromatic rings. The van der Waals surface area contributed by atoms with Crippen LogP contribution in [0.3, 0.4) is 0 Å². The van der Waals surface area contributed by atoms with E-state index in [1.54, 1.807) is 12.1 Å². The minimum Gasteiger partial charge on any atom is -0.465 e. The van der Waals surface area contributed by atoms with E-state index in [4.69, 9.17) is 10.5 Å². The predicted molar refractivity (Wildman–Crippen MR) is 54.4 cm³/mol. The number of carbonyl (C=O) groups excluding carboxylic acids is 1. The molecule has 0 amide bonds. The maximum absolute atomic E-state index is 11.3. The predicted octanol–water partition coefficient (Wildman–Crippen LogP) is 1.00. The van der Waals surface area contributed by atoms with Gasteiger partial charge in [0.25, 0.3) is 0 Å². The third-order valence-electron chi connectivity index (χ3n) is 2.52. The smallest absolute Gasteiger partial charge is 0.337 e. The van der Waals surface area contributed by atoms with Gasteiger partial charge in [0.2, 0.25) is 0 Å². The molecule has 1 aliphatic heterocycles. The number of benzene rings is 1. The molecule has 0 saturated heterocycles. The maximum Gasteiger partial charge on any atom is 0.337 e. The molecule has 0 aromatic heterocycles. The summed E-state index contributed by atoms with van der Waals surface area (Å²) in [5.41, 5.74) is 8.42. The molecule has 15 heavy (non-hydrogen) atoms. The molecular formula is C11H13NO3. The van der Waals surface area contributed by atoms with Gasteiger partial charge in [-0.1, -0.05) is 6.07 Å². The van der Waals surface area contributed by atoms with Crippen LogP contribution >= 0.6 is 0 Å². The molecule has 2 rings (SSSR count). The third kappa shape index (κ3) is 1.86. The summed E-state index contributed by atoms with van der Waals surface area (Å²) in [5.74, 6) is -0.336. The van der Waals surface area contributed by atoms with Gasteiger partial charge >= 0.3 is 5.97 Å². The molecule has 80 valence electrons. The first-order valence-corrected chi connectivity index (χ1v) is 4.77. The van der Waals surface area contributed by atoms with Gasteiger partial charge in [0, 0.05) is 0 Å². The van der Waals surface area contributed by atoms with Gasteiger partial charge in [-0.15, -0.1) is 0 Å². The van der Waals surface area contributed by atoms with Crippen LogP contribution in [0.1, 0.15) is 27.5 Å². The Morgan fingerprint density at radius 1 is 1.60 bits per heavy atom. The largest absolute Gasteiger partial charge is 0.465 e. The highest BCUT2D eigenvalue weighted by Gasteiger charge is 2.18. The summed E-state index contributed by atoms with van der Waals surface area (Å²) in [5, 5.41) is 0. The number of carbonyl (C=O) groups is 1.